The molecule has 0 saturated carbocycles. The van der Waals surface area contributed by atoms with Crippen LogP contribution in [0, 0.1) is 0 Å². The van der Waals surface area contributed by atoms with E-state index in [2.05, 4.69) is 141 Å². The van der Waals surface area contributed by atoms with E-state index in [9.17, 15) is 45.6 Å². The third-order valence-electron chi connectivity index (χ3n) is 15.9. The molecule has 12 unspecified atom stereocenters. The minimum atomic E-state index is -1.79. The third kappa shape index (κ3) is 40.7. The van der Waals surface area contributed by atoms with Crippen LogP contribution in [0.4, 0.5) is 0 Å². The van der Waals surface area contributed by atoms with E-state index < -0.39 is 86.8 Å². The lowest BCUT2D eigenvalue weighted by molar-refractivity contribution is -0.359. The van der Waals surface area contributed by atoms with Crippen LogP contribution >= 0.6 is 0 Å². The monoisotopic (exact) mass is 1220 g/mol. The molecule has 2 saturated heterocycles. The maximum absolute atomic E-state index is 13.3. The quantitative estimate of drug-likeness (QED) is 0.0204. The van der Waals surface area contributed by atoms with Gasteiger partial charge < -0.3 is 65.1 Å². The van der Waals surface area contributed by atoms with E-state index in [1.807, 2.05) is 0 Å². The van der Waals surface area contributed by atoms with E-state index in [4.69, 9.17) is 18.9 Å². The van der Waals surface area contributed by atoms with Crippen molar-refractivity contribution in [2.45, 2.75) is 312 Å². The highest BCUT2D eigenvalue weighted by molar-refractivity contribution is 5.76. The normalized spacial score (nSPS) is 24.1. The topological polar surface area (TPSA) is 228 Å². The van der Waals surface area contributed by atoms with Gasteiger partial charge in [-0.2, -0.15) is 0 Å². The van der Waals surface area contributed by atoms with Gasteiger partial charge >= 0.3 is 0 Å². The van der Waals surface area contributed by atoms with Gasteiger partial charge in [-0.15, -0.1) is 0 Å². The standard InChI is InChI=1S/C73H123NO13/c1-3-5-7-9-11-13-15-17-19-21-23-25-26-27-28-29-30-31-32-33-34-35-36-37-39-41-43-45-47-49-51-53-55-57-65(78)74-61(62(77)56-54-52-50-48-46-44-42-40-38-24-22-20-18-16-14-12-10-8-6-4-2)60-84-72-70(83)68(81)71(64(59-76)86-72)87-73-69(82)67(80)66(79)63(58-75)85-73/h5,7,11,13,17,19,23,25,27-28,30-31,33-34,36-37,41,43,47,49,61-64,66-73,75-77,79-83H,3-4,6,8-10,12,14-16,18,20-22,24,26,29,32,35,38-40,42,44-46,48,50-60H2,1-2H3,(H,74,78)/b7-5-,13-11-,19-17-,25-23-,28-27-,31-30-,34-33-,37-36-,43-41-,49-47-. The fourth-order valence-corrected chi connectivity index (χ4v) is 10.5. The Hall–Kier alpha value is -3.61. The van der Waals surface area contributed by atoms with Crippen molar-refractivity contribution in [3.63, 3.8) is 0 Å². The Balaban J connectivity index is 1.72. The number of rotatable bonds is 54. The molecule has 0 aromatic carbocycles. The Morgan fingerprint density at radius 1 is 0.425 bits per heavy atom. The van der Waals surface area contributed by atoms with E-state index in [-0.39, 0.29) is 18.9 Å². The number of hydrogen-bond donors (Lipinski definition) is 9. The third-order valence-corrected chi connectivity index (χ3v) is 15.9. The number of aliphatic hydroxyl groups is 8. The first-order valence-corrected chi connectivity index (χ1v) is 34.3. The smallest absolute Gasteiger partial charge is 0.220 e. The van der Waals surface area contributed by atoms with Crippen LogP contribution in [0.15, 0.2) is 122 Å². The molecule has 1 amide bonds. The fourth-order valence-electron chi connectivity index (χ4n) is 10.5. The summed E-state index contributed by atoms with van der Waals surface area (Å²) in [5.74, 6) is -0.252. The predicted octanol–water partition coefficient (Wildman–Crippen LogP) is 13.7. The number of amides is 1. The molecule has 87 heavy (non-hydrogen) atoms. The predicted molar refractivity (Wildman–Crippen MR) is 355 cm³/mol. The molecule has 9 N–H and O–H groups in total. The van der Waals surface area contributed by atoms with Crippen LogP contribution in [0.25, 0.3) is 0 Å². The van der Waals surface area contributed by atoms with Gasteiger partial charge in [0.25, 0.3) is 0 Å². The summed E-state index contributed by atoms with van der Waals surface area (Å²) in [6.45, 7) is 2.73. The summed E-state index contributed by atoms with van der Waals surface area (Å²) in [5, 5.41) is 87.5. The minimum Gasteiger partial charge on any atom is -0.394 e. The number of aliphatic hydroxyl groups excluding tert-OH is 8. The van der Waals surface area contributed by atoms with E-state index in [0.29, 0.717) is 12.8 Å². The van der Waals surface area contributed by atoms with Gasteiger partial charge in [0, 0.05) is 6.42 Å². The molecule has 0 aromatic heterocycles. The van der Waals surface area contributed by atoms with Crippen molar-refractivity contribution in [2.24, 2.45) is 0 Å². The van der Waals surface area contributed by atoms with Gasteiger partial charge in [-0.3, -0.25) is 4.79 Å². The average Bonchev–Trinajstić information content (AvgIpc) is 2.59. The van der Waals surface area contributed by atoms with Crippen LogP contribution < -0.4 is 5.32 Å². The number of nitrogens with one attached hydrogen (secondary N) is 1. The maximum Gasteiger partial charge on any atom is 0.220 e. The van der Waals surface area contributed by atoms with Gasteiger partial charge in [0.2, 0.25) is 5.91 Å². The molecule has 2 aliphatic heterocycles. The van der Waals surface area contributed by atoms with Gasteiger partial charge in [-0.05, 0) is 89.9 Å². The molecule has 0 spiro atoms. The Morgan fingerprint density at radius 3 is 1.20 bits per heavy atom. The van der Waals surface area contributed by atoms with Crippen LogP contribution in [0.1, 0.15) is 239 Å². The first kappa shape index (κ1) is 79.5. The van der Waals surface area contributed by atoms with Crippen molar-refractivity contribution < 1.29 is 64.6 Å². The highest BCUT2D eigenvalue weighted by Crippen LogP contribution is 2.30. The van der Waals surface area contributed by atoms with Gasteiger partial charge in [0.1, 0.15) is 48.8 Å². The van der Waals surface area contributed by atoms with Crippen LogP contribution in [-0.4, -0.2) is 140 Å². The zero-order valence-corrected chi connectivity index (χ0v) is 54.0. The largest absolute Gasteiger partial charge is 0.394 e. The number of allylic oxidation sites excluding steroid dienone is 20. The van der Waals surface area contributed by atoms with Gasteiger partial charge in [0.15, 0.2) is 12.6 Å². The average molecular weight is 1220 g/mol. The molecule has 12 atom stereocenters. The highest BCUT2D eigenvalue weighted by atomic mass is 16.7. The van der Waals surface area contributed by atoms with Crippen molar-refractivity contribution in [3.8, 4) is 0 Å². The summed E-state index contributed by atoms with van der Waals surface area (Å²) >= 11 is 0. The fraction of sp³-hybridized carbons (Fsp3) is 0.712. The van der Waals surface area contributed by atoms with Crippen LogP contribution in [0.2, 0.25) is 0 Å². The summed E-state index contributed by atoms with van der Waals surface area (Å²) < 4.78 is 22.9. The molecule has 2 heterocycles. The van der Waals surface area contributed by atoms with Crippen molar-refractivity contribution in [1.29, 1.82) is 0 Å². The molecule has 2 aliphatic rings. The second-order valence-corrected chi connectivity index (χ2v) is 23.6. The van der Waals surface area contributed by atoms with Crippen molar-refractivity contribution >= 4 is 5.91 Å². The first-order chi connectivity index (χ1) is 42.6. The lowest BCUT2D eigenvalue weighted by Crippen LogP contribution is -2.65. The summed E-state index contributed by atoms with van der Waals surface area (Å²) in [5.41, 5.74) is 0. The van der Waals surface area contributed by atoms with Gasteiger partial charge in [-0.1, -0.05) is 264 Å². The number of ether oxygens (including phenoxy) is 4. The number of carbonyl (C=O) groups excluding carboxylic acids is 1. The molecule has 0 radical (unpaired) electrons. The van der Waals surface area contributed by atoms with E-state index in [1.165, 1.54) is 103 Å². The SMILES string of the molecule is CC/C=C\C/C=C\C/C=C\C/C=C\C/C=C\C/C=C\C/C=C\C/C=C\C/C=C\C/C=C\CCCCC(=O)NC(COC1OC(CO)C(OC2OC(CO)C(O)C(O)C2O)C(O)C1O)C(O)CCCCCCCCCCCCCCCCCCCCCC. The first-order valence-electron chi connectivity index (χ1n) is 34.3. The molecule has 14 nitrogen and oxygen atoms in total. The lowest BCUT2D eigenvalue weighted by Gasteiger charge is -2.46. The van der Waals surface area contributed by atoms with Crippen molar-refractivity contribution in [3.05, 3.63) is 122 Å². The molecular formula is C73H123NO13. The zero-order chi connectivity index (χ0) is 63.1. The number of unbranched alkanes of at least 4 members (excludes halogenated alkanes) is 21. The Bertz CT molecular complexity index is 1920. The Kier molecular flexibility index (Phi) is 51.5. The highest BCUT2D eigenvalue weighted by Gasteiger charge is 2.51. The maximum atomic E-state index is 13.3. The lowest BCUT2D eigenvalue weighted by atomic mass is 9.97. The number of carbonyl (C=O) groups is 1. The van der Waals surface area contributed by atoms with E-state index in [1.54, 1.807) is 0 Å². The molecule has 498 valence electrons. The number of hydrogen-bond acceptors (Lipinski definition) is 13. The summed E-state index contributed by atoms with van der Waals surface area (Å²) in [4.78, 5) is 13.3. The van der Waals surface area contributed by atoms with Gasteiger partial charge in [-0.25, -0.2) is 0 Å². The summed E-state index contributed by atoms with van der Waals surface area (Å²) in [6.07, 6.45) is 64.9. The summed E-state index contributed by atoms with van der Waals surface area (Å²) in [7, 11) is 0. The van der Waals surface area contributed by atoms with Crippen LogP contribution in [-0.2, 0) is 23.7 Å². The molecule has 0 aromatic rings. The Morgan fingerprint density at radius 2 is 0.793 bits per heavy atom. The van der Waals surface area contributed by atoms with Crippen molar-refractivity contribution in [1.82, 2.24) is 5.32 Å². The second-order valence-electron chi connectivity index (χ2n) is 23.6. The Labute approximate surface area is 527 Å². The second kappa shape index (κ2) is 56.4. The van der Waals surface area contributed by atoms with Crippen LogP contribution in [0.3, 0.4) is 0 Å². The molecule has 0 bridgehead atoms. The van der Waals surface area contributed by atoms with Crippen molar-refractivity contribution in [2.75, 3.05) is 19.8 Å². The zero-order valence-electron chi connectivity index (χ0n) is 54.0. The van der Waals surface area contributed by atoms with E-state index in [0.717, 1.165) is 103 Å². The molecule has 2 rings (SSSR count). The van der Waals surface area contributed by atoms with Crippen LogP contribution in [0.5, 0.6) is 0 Å². The summed E-state index contributed by atoms with van der Waals surface area (Å²) in [6, 6.07) is -0.863. The molecular weight excluding hydrogens is 1100 g/mol. The van der Waals surface area contributed by atoms with E-state index >= 15 is 0 Å². The molecule has 0 aliphatic carbocycles. The molecule has 2 fully saturated rings. The van der Waals surface area contributed by atoms with Gasteiger partial charge in [0.05, 0.1) is 32.0 Å². The molecule has 14 heteroatoms. The minimum absolute atomic E-state index is 0.241.